The molecule has 0 fully saturated rings. The fourth-order valence-electron chi connectivity index (χ4n) is 2.42. The van der Waals surface area contributed by atoms with Gasteiger partial charge in [0.15, 0.2) is 0 Å². The van der Waals surface area contributed by atoms with Crippen LogP contribution in [0.4, 0.5) is 24.8 Å². The molecule has 1 radical (unpaired) electrons. The molecule has 9 heteroatoms. The standard InChI is InChI=1S/C18H17F3N5O/c1-11(2)26-10-12(8-23-26)16-13(18(19,20)21)9-22-17(25-16)24-14-6-4-5-7-15(14)27-3/h4,6-11H,1-3H3,(H,22,24,25). The van der Waals surface area contributed by atoms with E-state index in [0.29, 0.717) is 11.4 Å². The molecule has 0 unspecified atom stereocenters. The van der Waals surface area contributed by atoms with Gasteiger partial charge in [0.05, 0.1) is 24.7 Å². The van der Waals surface area contributed by atoms with Gasteiger partial charge in [-0.25, -0.2) is 9.97 Å². The third-order valence-electron chi connectivity index (χ3n) is 3.79. The van der Waals surface area contributed by atoms with E-state index in [2.05, 4.69) is 26.4 Å². The number of methoxy groups -OCH3 is 1. The van der Waals surface area contributed by atoms with Gasteiger partial charge in [0.25, 0.3) is 0 Å². The first-order valence-electron chi connectivity index (χ1n) is 8.09. The minimum Gasteiger partial charge on any atom is -0.495 e. The highest BCUT2D eigenvalue weighted by Gasteiger charge is 2.36. The summed E-state index contributed by atoms with van der Waals surface area (Å²) in [6.45, 7) is 3.76. The van der Waals surface area contributed by atoms with Crippen LogP contribution in [0.25, 0.3) is 11.3 Å². The fourth-order valence-corrected chi connectivity index (χ4v) is 2.42. The average Bonchev–Trinajstić information content (AvgIpc) is 3.11. The van der Waals surface area contributed by atoms with Gasteiger partial charge in [0.1, 0.15) is 11.3 Å². The largest absolute Gasteiger partial charge is 0.495 e. The van der Waals surface area contributed by atoms with Gasteiger partial charge < -0.3 is 10.1 Å². The molecule has 0 saturated heterocycles. The Kier molecular flexibility index (Phi) is 5.02. The number of anilines is 2. The second-order valence-electron chi connectivity index (χ2n) is 6.01. The van der Waals surface area contributed by atoms with Crippen molar-refractivity contribution in [3.05, 3.63) is 48.4 Å². The summed E-state index contributed by atoms with van der Waals surface area (Å²) in [5.41, 5.74) is -0.396. The van der Waals surface area contributed by atoms with Gasteiger partial charge in [0, 0.05) is 24.0 Å². The first kappa shape index (κ1) is 18.7. The molecule has 1 N–H and O–H groups in total. The van der Waals surface area contributed by atoms with Crippen molar-refractivity contribution in [1.82, 2.24) is 19.7 Å². The number of aromatic nitrogens is 4. The van der Waals surface area contributed by atoms with Crippen LogP contribution in [0.15, 0.2) is 36.8 Å². The van der Waals surface area contributed by atoms with E-state index >= 15 is 0 Å². The molecule has 27 heavy (non-hydrogen) atoms. The zero-order valence-electron chi connectivity index (χ0n) is 14.9. The SMILES string of the molecule is COc1c[c]ccc1Nc1ncc(C(F)(F)F)c(-c2cnn(C(C)C)c2)n1. The number of benzene rings is 1. The molecular weight excluding hydrogens is 359 g/mol. The van der Waals surface area contributed by atoms with E-state index in [0.717, 1.165) is 6.20 Å². The van der Waals surface area contributed by atoms with E-state index in [1.54, 1.807) is 22.9 Å². The lowest BCUT2D eigenvalue weighted by Gasteiger charge is -2.14. The summed E-state index contributed by atoms with van der Waals surface area (Å²) in [6.07, 6.45) is -0.935. The number of hydrogen-bond acceptors (Lipinski definition) is 5. The first-order chi connectivity index (χ1) is 12.8. The van der Waals surface area contributed by atoms with Crippen LogP contribution in [0.2, 0.25) is 0 Å². The summed E-state index contributed by atoms with van der Waals surface area (Å²) in [6, 6.07) is 7.77. The summed E-state index contributed by atoms with van der Waals surface area (Å²) in [5, 5.41) is 6.98. The van der Waals surface area contributed by atoms with E-state index in [4.69, 9.17) is 4.74 Å². The Bertz CT molecular complexity index is 937. The summed E-state index contributed by atoms with van der Waals surface area (Å²) in [4.78, 5) is 7.90. The first-order valence-corrected chi connectivity index (χ1v) is 8.09. The van der Waals surface area contributed by atoms with Gasteiger partial charge in [-0.05, 0) is 32.0 Å². The number of alkyl halides is 3. The minimum absolute atomic E-state index is 0.0114. The molecule has 3 aromatic rings. The molecule has 6 nitrogen and oxygen atoms in total. The predicted octanol–water partition coefficient (Wildman–Crippen LogP) is 4.49. The van der Waals surface area contributed by atoms with Gasteiger partial charge in [0.2, 0.25) is 5.95 Å². The van der Waals surface area contributed by atoms with Crippen molar-refractivity contribution >= 4 is 11.6 Å². The zero-order valence-corrected chi connectivity index (χ0v) is 14.9. The molecule has 141 valence electrons. The number of nitrogens with zero attached hydrogens (tertiary/aromatic N) is 4. The summed E-state index contributed by atoms with van der Waals surface area (Å²) in [7, 11) is 1.48. The van der Waals surface area contributed by atoms with Crippen LogP contribution in [0.3, 0.4) is 0 Å². The van der Waals surface area contributed by atoms with Crippen LogP contribution < -0.4 is 10.1 Å². The van der Waals surface area contributed by atoms with Crippen molar-refractivity contribution in [2.24, 2.45) is 0 Å². The number of hydrogen-bond donors (Lipinski definition) is 1. The van der Waals surface area contributed by atoms with Crippen molar-refractivity contribution in [2.45, 2.75) is 26.1 Å². The number of ether oxygens (including phenoxy) is 1. The van der Waals surface area contributed by atoms with Gasteiger partial charge in [-0.15, -0.1) is 0 Å². The Labute approximate surface area is 154 Å². The molecule has 3 rings (SSSR count). The van der Waals surface area contributed by atoms with Crippen LogP contribution in [-0.2, 0) is 6.18 Å². The molecule has 1 aromatic carbocycles. The maximum absolute atomic E-state index is 13.4. The number of rotatable bonds is 5. The number of halogens is 3. The van der Waals surface area contributed by atoms with Crippen molar-refractivity contribution in [2.75, 3.05) is 12.4 Å². The van der Waals surface area contributed by atoms with Gasteiger partial charge >= 0.3 is 6.18 Å². The summed E-state index contributed by atoms with van der Waals surface area (Å²) >= 11 is 0. The average molecular weight is 376 g/mol. The summed E-state index contributed by atoms with van der Waals surface area (Å²) < 4.78 is 47.0. The Morgan fingerprint density at radius 1 is 1.26 bits per heavy atom. The van der Waals surface area contributed by atoms with Crippen LogP contribution in [-0.4, -0.2) is 26.9 Å². The van der Waals surface area contributed by atoms with Gasteiger partial charge in [-0.2, -0.15) is 18.3 Å². The maximum Gasteiger partial charge on any atom is 0.419 e. The van der Waals surface area contributed by atoms with Crippen molar-refractivity contribution < 1.29 is 17.9 Å². The lowest BCUT2D eigenvalue weighted by Crippen LogP contribution is -2.11. The molecule has 0 saturated carbocycles. The molecule has 0 amide bonds. The second kappa shape index (κ2) is 7.26. The Morgan fingerprint density at radius 3 is 2.67 bits per heavy atom. The third-order valence-corrected chi connectivity index (χ3v) is 3.79. The quantitative estimate of drug-likeness (QED) is 0.711. The minimum atomic E-state index is -4.59. The highest BCUT2D eigenvalue weighted by molar-refractivity contribution is 5.67. The van der Waals surface area contributed by atoms with Crippen molar-refractivity contribution in [3.8, 4) is 17.0 Å². The van der Waals surface area contributed by atoms with Gasteiger partial charge in [-0.1, -0.05) is 6.07 Å². The van der Waals surface area contributed by atoms with E-state index in [1.807, 2.05) is 13.8 Å². The third kappa shape index (κ3) is 4.02. The zero-order chi connectivity index (χ0) is 19.6. The molecule has 2 heterocycles. The monoisotopic (exact) mass is 376 g/mol. The maximum atomic E-state index is 13.4. The summed E-state index contributed by atoms with van der Waals surface area (Å²) in [5.74, 6) is 0.481. The molecule has 2 aromatic heterocycles. The van der Waals surface area contributed by atoms with E-state index in [-0.39, 0.29) is 23.2 Å². The molecule has 0 aliphatic heterocycles. The Balaban J connectivity index is 2.05. The molecule has 0 aliphatic carbocycles. The topological polar surface area (TPSA) is 64.9 Å². The lowest BCUT2D eigenvalue weighted by atomic mass is 10.1. The van der Waals surface area contributed by atoms with Crippen LogP contribution in [0.1, 0.15) is 25.5 Å². The Morgan fingerprint density at radius 2 is 2.04 bits per heavy atom. The highest BCUT2D eigenvalue weighted by Crippen LogP contribution is 2.36. The predicted molar refractivity (Wildman–Crippen MR) is 93.8 cm³/mol. The molecule has 0 bridgehead atoms. The van der Waals surface area contributed by atoms with Gasteiger partial charge in [-0.3, -0.25) is 4.68 Å². The van der Waals surface area contributed by atoms with Crippen LogP contribution >= 0.6 is 0 Å². The second-order valence-corrected chi connectivity index (χ2v) is 6.01. The fraction of sp³-hybridized carbons (Fsp3) is 0.278. The smallest absolute Gasteiger partial charge is 0.419 e. The lowest BCUT2D eigenvalue weighted by molar-refractivity contribution is -0.137. The van der Waals surface area contributed by atoms with E-state index in [1.165, 1.54) is 19.5 Å². The van der Waals surface area contributed by atoms with Crippen LogP contribution in [0, 0.1) is 6.07 Å². The Hall–Kier alpha value is -3.10. The molecular formula is C18H17F3N5O. The van der Waals surface area contributed by atoms with E-state index < -0.39 is 11.7 Å². The number of nitrogens with one attached hydrogen (secondary N) is 1. The highest BCUT2D eigenvalue weighted by atomic mass is 19.4. The van der Waals surface area contributed by atoms with Crippen molar-refractivity contribution in [1.29, 1.82) is 0 Å². The van der Waals surface area contributed by atoms with Crippen LogP contribution in [0.5, 0.6) is 5.75 Å². The normalized spacial score (nSPS) is 11.7. The molecule has 0 aliphatic rings. The van der Waals surface area contributed by atoms with Crippen molar-refractivity contribution in [3.63, 3.8) is 0 Å². The molecule has 0 atom stereocenters. The molecule has 0 spiro atoms. The van der Waals surface area contributed by atoms with E-state index in [9.17, 15) is 13.2 Å².